The quantitative estimate of drug-likeness (QED) is 0.830. The molecule has 2 aromatic carbocycles. The number of nitrogens with zero attached hydrogens (tertiary/aromatic N) is 1. The molecular weight excluding hydrogens is 375 g/mol. The normalized spacial score (nSPS) is 13.4. The van der Waals surface area contributed by atoms with E-state index in [0.717, 1.165) is 17.7 Å². The second-order valence-electron chi connectivity index (χ2n) is 5.59. The molecule has 4 nitrogen and oxygen atoms in total. The van der Waals surface area contributed by atoms with Crippen LogP contribution in [0.4, 0.5) is 14.9 Å². The average Bonchev–Trinajstić information content (AvgIpc) is 2.57. The summed E-state index contributed by atoms with van der Waals surface area (Å²) in [5.74, 6) is 0.468. The molecule has 1 aliphatic rings. The van der Waals surface area contributed by atoms with Gasteiger partial charge in [0.05, 0.1) is 12.3 Å². The maximum absolute atomic E-state index is 13.1. The van der Waals surface area contributed by atoms with E-state index in [1.807, 2.05) is 19.1 Å². The molecule has 0 unspecified atom stereocenters. The van der Waals surface area contributed by atoms with Crippen molar-refractivity contribution in [3.05, 3.63) is 57.8 Å². The molecular formula is C18H18BrFN2O2. The third-order valence-corrected chi connectivity index (χ3v) is 4.62. The van der Waals surface area contributed by atoms with Crippen LogP contribution in [0.25, 0.3) is 0 Å². The summed E-state index contributed by atoms with van der Waals surface area (Å²) >= 11 is 3.26. The second kappa shape index (κ2) is 7.21. The summed E-state index contributed by atoms with van der Waals surface area (Å²) in [5, 5.41) is 2.82. The number of rotatable bonds is 3. The Morgan fingerprint density at radius 1 is 1.29 bits per heavy atom. The first-order chi connectivity index (χ1) is 11.6. The molecule has 0 spiro atoms. The van der Waals surface area contributed by atoms with Crippen LogP contribution in [-0.4, -0.2) is 24.1 Å². The molecule has 0 atom stereocenters. The number of carbonyl (C=O) groups is 1. The van der Waals surface area contributed by atoms with Crippen molar-refractivity contribution in [2.45, 2.75) is 19.9 Å². The SMILES string of the molecule is CCOc1ccc2c(c1)CN(C(=O)Nc1ccc(F)cc1Br)CC2. The first kappa shape index (κ1) is 16.8. The van der Waals surface area contributed by atoms with E-state index in [4.69, 9.17) is 4.74 Å². The number of fused-ring (bicyclic) bond motifs is 1. The van der Waals surface area contributed by atoms with Crippen molar-refractivity contribution >= 4 is 27.6 Å². The number of nitrogens with one attached hydrogen (secondary N) is 1. The van der Waals surface area contributed by atoms with Crippen molar-refractivity contribution in [3.8, 4) is 5.75 Å². The first-order valence-corrected chi connectivity index (χ1v) is 8.61. The lowest BCUT2D eigenvalue weighted by Gasteiger charge is -2.29. The lowest BCUT2D eigenvalue weighted by atomic mass is 10.00. The lowest BCUT2D eigenvalue weighted by Crippen LogP contribution is -2.38. The maximum Gasteiger partial charge on any atom is 0.322 e. The van der Waals surface area contributed by atoms with Crippen LogP contribution in [0.15, 0.2) is 40.9 Å². The number of hydrogen-bond acceptors (Lipinski definition) is 2. The molecule has 1 N–H and O–H groups in total. The minimum absolute atomic E-state index is 0.199. The molecule has 24 heavy (non-hydrogen) atoms. The van der Waals surface area contributed by atoms with Crippen molar-refractivity contribution in [2.75, 3.05) is 18.5 Å². The first-order valence-electron chi connectivity index (χ1n) is 7.82. The summed E-state index contributed by atoms with van der Waals surface area (Å²) in [6.07, 6.45) is 0.805. The molecule has 126 valence electrons. The van der Waals surface area contributed by atoms with Gasteiger partial charge in [-0.2, -0.15) is 0 Å². The summed E-state index contributed by atoms with van der Waals surface area (Å²) in [4.78, 5) is 14.2. The Morgan fingerprint density at radius 2 is 2.12 bits per heavy atom. The largest absolute Gasteiger partial charge is 0.494 e. The molecule has 0 saturated heterocycles. The number of carbonyl (C=O) groups excluding carboxylic acids is 1. The fraction of sp³-hybridized carbons (Fsp3) is 0.278. The minimum Gasteiger partial charge on any atom is -0.494 e. The highest BCUT2D eigenvalue weighted by molar-refractivity contribution is 9.10. The van der Waals surface area contributed by atoms with E-state index in [1.165, 1.54) is 17.7 Å². The van der Waals surface area contributed by atoms with Gasteiger partial charge in [0.25, 0.3) is 0 Å². The van der Waals surface area contributed by atoms with Gasteiger partial charge < -0.3 is 15.0 Å². The van der Waals surface area contributed by atoms with Crippen molar-refractivity contribution in [2.24, 2.45) is 0 Å². The Hall–Kier alpha value is -2.08. The zero-order valence-electron chi connectivity index (χ0n) is 13.3. The van der Waals surface area contributed by atoms with E-state index in [2.05, 4.69) is 27.3 Å². The van der Waals surface area contributed by atoms with Gasteiger partial charge in [0.15, 0.2) is 0 Å². The smallest absolute Gasteiger partial charge is 0.322 e. The molecule has 0 saturated carbocycles. The molecule has 0 fully saturated rings. The van der Waals surface area contributed by atoms with Gasteiger partial charge in [-0.05, 0) is 70.7 Å². The van der Waals surface area contributed by atoms with Gasteiger partial charge in [-0.25, -0.2) is 9.18 Å². The number of hydrogen-bond donors (Lipinski definition) is 1. The second-order valence-corrected chi connectivity index (χ2v) is 6.44. The number of anilines is 1. The highest BCUT2D eigenvalue weighted by Gasteiger charge is 2.21. The zero-order valence-corrected chi connectivity index (χ0v) is 14.9. The predicted octanol–water partition coefficient (Wildman–Crippen LogP) is 4.58. The topological polar surface area (TPSA) is 41.6 Å². The van der Waals surface area contributed by atoms with Crippen LogP contribution in [0.2, 0.25) is 0 Å². The number of halogens is 2. The molecule has 1 heterocycles. The van der Waals surface area contributed by atoms with Crippen LogP contribution in [0.5, 0.6) is 5.75 Å². The summed E-state index contributed by atoms with van der Waals surface area (Å²) in [6.45, 7) is 3.73. The molecule has 3 rings (SSSR count). The van der Waals surface area contributed by atoms with Crippen molar-refractivity contribution in [1.29, 1.82) is 0 Å². The fourth-order valence-electron chi connectivity index (χ4n) is 2.75. The van der Waals surface area contributed by atoms with Gasteiger partial charge in [-0.15, -0.1) is 0 Å². The highest BCUT2D eigenvalue weighted by Crippen LogP contribution is 2.26. The number of ether oxygens (including phenoxy) is 1. The minimum atomic E-state index is -0.352. The van der Waals surface area contributed by atoms with Crippen LogP contribution in [0.3, 0.4) is 0 Å². The van der Waals surface area contributed by atoms with E-state index in [0.29, 0.717) is 29.9 Å². The Labute approximate surface area is 148 Å². The molecule has 0 radical (unpaired) electrons. The summed E-state index contributed by atoms with van der Waals surface area (Å²) in [7, 11) is 0. The van der Waals surface area contributed by atoms with Gasteiger partial charge in [0.2, 0.25) is 0 Å². The molecule has 0 aliphatic carbocycles. The van der Waals surface area contributed by atoms with E-state index < -0.39 is 0 Å². The number of amides is 2. The van der Waals surface area contributed by atoms with E-state index in [9.17, 15) is 9.18 Å². The summed E-state index contributed by atoms with van der Waals surface area (Å²) in [5.41, 5.74) is 2.89. The highest BCUT2D eigenvalue weighted by atomic mass is 79.9. The van der Waals surface area contributed by atoms with E-state index in [-0.39, 0.29) is 11.8 Å². The Bertz CT molecular complexity index is 767. The molecule has 2 amide bonds. The van der Waals surface area contributed by atoms with Crippen molar-refractivity contribution in [1.82, 2.24) is 4.90 Å². The van der Waals surface area contributed by atoms with Crippen molar-refractivity contribution in [3.63, 3.8) is 0 Å². The lowest BCUT2D eigenvalue weighted by molar-refractivity contribution is 0.206. The van der Waals surface area contributed by atoms with Gasteiger partial charge in [0.1, 0.15) is 11.6 Å². The Kier molecular flexibility index (Phi) is 5.04. The fourth-order valence-corrected chi connectivity index (χ4v) is 3.20. The number of urea groups is 1. The van der Waals surface area contributed by atoms with Gasteiger partial charge in [-0.3, -0.25) is 0 Å². The van der Waals surface area contributed by atoms with Crippen LogP contribution < -0.4 is 10.1 Å². The van der Waals surface area contributed by atoms with Gasteiger partial charge >= 0.3 is 6.03 Å². The standard InChI is InChI=1S/C18H18BrFN2O2/c1-2-24-15-5-3-12-7-8-22(11-13(12)9-15)18(23)21-17-6-4-14(20)10-16(17)19/h3-6,9-10H,2,7-8,11H2,1H3,(H,21,23). The average molecular weight is 393 g/mol. The van der Waals surface area contributed by atoms with Crippen LogP contribution in [0, 0.1) is 5.82 Å². The summed E-state index contributed by atoms with van der Waals surface area (Å²) < 4.78 is 19.2. The van der Waals surface area contributed by atoms with Crippen molar-refractivity contribution < 1.29 is 13.9 Å². The van der Waals surface area contributed by atoms with Gasteiger partial charge in [0, 0.05) is 17.6 Å². The molecule has 1 aliphatic heterocycles. The third kappa shape index (κ3) is 3.70. The number of benzene rings is 2. The van der Waals surface area contributed by atoms with Crippen LogP contribution >= 0.6 is 15.9 Å². The molecule has 6 heteroatoms. The molecule has 0 aromatic heterocycles. The predicted molar refractivity (Wildman–Crippen MR) is 94.8 cm³/mol. The monoisotopic (exact) mass is 392 g/mol. The van der Waals surface area contributed by atoms with E-state index in [1.54, 1.807) is 11.0 Å². The Morgan fingerprint density at radius 3 is 2.88 bits per heavy atom. The van der Waals surface area contributed by atoms with E-state index >= 15 is 0 Å². The summed E-state index contributed by atoms with van der Waals surface area (Å²) in [6, 6.07) is 10.0. The van der Waals surface area contributed by atoms with Crippen LogP contribution in [-0.2, 0) is 13.0 Å². The Balaban J connectivity index is 1.72. The zero-order chi connectivity index (χ0) is 17.1. The molecule has 0 bridgehead atoms. The van der Waals surface area contributed by atoms with Crippen LogP contribution in [0.1, 0.15) is 18.1 Å². The van der Waals surface area contributed by atoms with Gasteiger partial charge in [-0.1, -0.05) is 6.07 Å². The molecule has 2 aromatic rings. The maximum atomic E-state index is 13.1. The third-order valence-electron chi connectivity index (χ3n) is 3.96.